The van der Waals surface area contributed by atoms with Gasteiger partial charge in [-0.2, -0.15) is 11.8 Å². The Morgan fingerprint density at radius 2 is 2.06 bits per heavy atom. The van der Waals surface area contributed by atoms with Crippen molar-refractivity contribution < 1.29 is 14.7 Å². The van der Waals surface area contributed by atoms with Crippen LogP contribution in [0, 0.1) is 0 Å². The largest absolute Gasteiger partial charge is 0.480 e. The molecule has 0 saturated carbocycles. The Morgan fingerprint density at radius 3 is 2.56 bits per heavy atom. The van der Waals surface area contributed by atoms with E-state index in [1.54, 1.807) is 11.8 Å². The molecule has 0 aliphatic rings. The lowest BCUT2D eigenvalue weighted by atomic mass is 10.2. The summed E-state index contributed by atoms with van der Waals surface area (Å²) in [6.07, 6.45) is 3.17. The summed E-state index contributed by atoms with van der Waals surface area (Å²) in [5.41, 5.74) is 0. The van der Waals surface area contributed by atoms with E-state index >= 15 is 0 Å². The minimum absolute atomic E-state index is 0.415. The SMILES string of the molecule is CSCC[C@@H](NC(=O)NCCCN(C)C)C(=O)O. The molecule has 3 N–H and O–H groups in total. The topological polar surface area (TPSA) is 81.7 Å². The van der Waals surface area contributed by atoms with Gasteiger partial charge in [0.05, 0.1) is 0 Å². The summed E-state index contributed by atoms with van der Waals surface area (Å²) in [5.74, 6) is -0.287. The van der Waals surface area contributed by atoms with Crippen molar-refractivity contribution in [2.24, 2.45) is 0 Å². The minimum atomic E-state index is -0.993. The maximum absolute atomic E-state index is 11.5. The molecule has 0 radical (unpaired) electrons. The number of carbonyl (C=O) groups excluding carboxylic acids is 1. The fourth-order valence-corrected chi connectivity index (χ4v) is 1.77. The van der Waals surface area contributed by atoms with Gasteiger partial charge in [-0.15, -0.1) is 0 Å². The maximum atomic E-state index is 11.5. The number of rotatable bonds is 9. The highest BCUT2D eigenvalue weighted by atomic mass is 32.2. The molecule has 0 aliphatic heterocycles. The average molecular weight is 277 g/mol. The van der Waals surface area contributed by atoms with Gasteiger partial charge in [-0.3, -0.25) is 0 Å². The van der Waals surface area contributed by atoms with Crippen molar-refractivity contribution in [3.05, 3.63) is 0 Å². The number of nitrogens with zero attached hydrogens (tertiary/aromatic N) is 1. The molecule has 6 nitrogen and oxygen atoms in total. The Labute approximate surface area is 112 Å². The normalized spacial score (nSPS) is 12.2. The zero-order chi connectivity index (χ0) is 14.0. The van der Waals surface area contributed by atoms with E-state index in [9.17, 15) is 9.59 Å². The highest BCUT2D eigenvalue weighted by Crippen LogP contribution is 2.00. The van der Waals surface area contributed by atoms with Gasteiger partial charge < -0.3 is 20.6 Å². The van der Waals surface area contributed by atoms with Crippen LogP contribution in [0.15, 0.2) is 0 Å². The Bertz CT molecular complexity index is 262. The van der Waals surface area contributed by atoms with Crippen LogP contribution in [0.4, 0.5) is 4.79 Å². The number of carboxylic acids is 1. The molecule has 0 bridgehead atoms. The molecule has 18 heavy (non-hydrogen) atoms. The molecule has 0 unspecified atom stereocenters. The van der Waals surface area contributed by atoms with E-state index in [4.69, 9.17) is 5.11 Å². The second kappa shape index (κ2) is 10.0. The van der Waals surface area contributed by atoms with Crippen LogP contribution in [0.5, 0.6) is 0 Å². The molecular weight excluding hydrogens is 254 g/mol. The fraction of sp³-hybridized carbons (Fsp3) is 0.818. The van der Waals surface area contributed by atoms with Gasteiger partial charge in [0.1, 0.15) is 6.04 Å². The Morgan fingerprint density at radius 1 is 1.39 bits per heavy atom. The summed E-state index contributed by atoms with van der Waals surface area (Å²) in [6, 6.07) is -1.23. The number of hydrogen-bond donors (Lipinski definition) is 3. The van der Waals surface area contributed by atoms with Crippen molar-refractivity contribution >= 4 is 23.8 Å². The summed E-state index contributed by atoms with van der Waals surface area (Å²) in [5, 5.41) is 14.1. The summed E-state index contributed by atoms with van der Waals surface area (Å²) in [6.45, 7) is 1.42. The number of urea groups is 1. The Balaban J connectivity index is 3.84. The predicted octanol–water partition coefficient (Wildman–Crippen LogP) is 0.444. The quantitative estimate of drug-likeness (QED) is 0.533. The first-order valence-corrected chi connectivity index (χ1v) is 7.27. The van der Waals surface area contributed by atoms with E-state index in [1.165, 1.54) is 0 Å². The molecule has 7 heteroatoms. The number of carbonyl (C=O) groups is 2. The van der Waals surface area contributed by atoms with Crippen molar-refractivity contribution in [3.63, 3.8) is 0 Å². The van der Waals surface area contributed by atoms with Crippen LogP contribution in [0.3, 0.4) is 0 Å². The zero-order valence-corrected chi connectivity index (χ0v) is 12.0. The van der Waals surface area contributed by atoms with Gasteiger partial charge in [0.15, 0.2) is 0 Å². The zero-order valence-electron chi connectivity index (χ0n) is 11.2. The fourth-order valence-electron chi connectivity index (χ4n) is 1.30. The number of aliphatic carboxylic acids is 1. The number of thioether (sulfide) groups is 1. The summed E-state index contributed by atoms with van der Waals surface area (Å²) in [7, 11) is 3.92. The summed E-state index contributed by atoms with van der Waals surface area (Å²) in [4.78, 5) is 24.4. The second-order valence-corrected chi connectivity index (χ2v) is 5.21. The van der Waals surface area contributed by atoms with Gasteiger partial charge in [-0.05, 0) is 45.5 Å². The summed E-state index contributed by atoms with van der Waals surface area (Å²) < 4.78 is 0. The molecule has 2 amide bonds. The van der Waals surface area contributed by atoms with Crippen molar-refractivity contribution in [2.75, 3.05) is 39.2 Å². The molecule has 106 valence electrons. The van der Waals surface area contributed by atoms with Crippen molar-refractivity contribution in [3.8, 4) is 0 Å². The van der Waals surface area contributed by atoms with Gasteiger partial charge in [-0.25, -0.2) is 9.59 Å². The van der Waals surface area contributed by atoms with E-state index in [0.29, 0.717) is 18.7 Å². The number of hydrogen-bond acceptors (Lipinski definition) is 4. The molecule has 0 aromatic heterocycles. The first kappa shape index (κ1) is 17.1. The molecule has 0 fully saturated rings. The molecule has 0 spiro atoms. The van der Waals surface area contributed by atoms with Gasteiger partial charge in [-0.1, -0.05) is 0 Å². The average Bonchev–Trinajstić information content (AvgIpc) is 2.29. The summed E-state index contributed by atoms with van der Waals surface area (Å²) >= 11 is 1.56. The van der Waals surface area contributed by atoms with E-state index in [-0.39, 0.29) is 0 Å². The number of amides is 2. The minimum Gasteiger partial charge on any atom is -0.480 e. The first-order chi connectivity index (χ1) is 8.47. The molecule has 0 heterocycles. The lowest BCUT2D eigenvalue weighted by Gasteiger charge is -2.15. The van der Waals surface area contributed by atoms with E-state index in [2.05, 4.69) is 10.6 Å². The molecule has 0 aliphatic carbocycles. The predicted molar refractivity (Wildman–Crippen MR) is 74.1 cm³/mol. The third kappa shape index (κ3) is 9.12. The molecule has 0 saturated heterocycles. The third-order valence-electron chi connectivity index (χ3n) is 2.28. The van der Waals surface area contributed by atoms with E-state index in [0.717, 1.165) is 13.0 Å². The Hall–Kier alpha value is -0.950. The monoisotopic (exact) mass is 277 g/mol. The van der Waals surface area contributed by atoms with Crippen LogP contribution in [-0.2, 0) is 4.79 Å². The number of carboxylic acid groups (broad SMARTS) is 1. The standard InChI is InChI=1S/C11H23N3O3S/c1-14(2)7-4-6-12-11(17)13-9(10(15)16)5-8-18-3/h9H,4-8H2,1-3H3,(H,15,16)(H2,12,13,17)/t9-/m1/s1. The lowest BCUT2D eigenvalue weighted by Crippen LogP contribution is -2.46. The highest BCUT2D eigenvalue weighted by Gasteiger charge is 2.18. The smallest absolute Gasteiger partial charge is 0.326 e. The van der Waals surface area contributed by atoms with E-state index in [1.807, 2.05) is 25.3 Å². The van der Waals surface area contributed by atoms with Crippen LogP contribution >= 0.6 is 11.8 Å². The first-order valence-electron chi connectivity index (χ1n) is 5.88. The van der Waals surface area contributed by atoms with Crippen molar-refractivity contribution in [1.82, 2.24) is 15.5 Å². The molecular formula is C11H23N3O3S. The maximum Gasteiger partial charge on any atom is 0.326 e. The van der Waals surface area contributed by atoms with Crippen LogP contribution in [0.25, 0.3) is 0 Å². The van der Waals surface area contributed by atoms with Gasteiger partial charge >= 0.3 is 12.0 Å². The van der Waals surface area contributed by atoms with Crippen LogP contribution < -0.4 is 10.6 Å². The van der Waals surface area contributed by atoms with Gasteiger partial charge in [0.2, 0.25) is 0 Å². The van der Waals surface area contributed by atoms with Gasteiger partial charge in [0.25, 0.3) is 0 Å². The molecule has 0 aromatic rings. The highest BCUT2D eigenvalue weighted by molar-refractivity contribution is 7.98. The van der Waals surface area contributed by atoms with Crippen LogP contribution in [-0.4, -0.2) is 67.2 Å². The lowest BCUT2D eigenvalue weighted by molar-refractivity contribution is -0.139. The van der Waals surface area contributed by atoms with Crippen LogP contribution in [0.1, 0.15) is 12.8 Å². The van der Waals surface area contributed by atoms with Gasteiger partial charge in [0, 0.05) is 6.54 Å². The number of nitrogens with one attached hydrogen (secondary N) is 2. The third-order valence-corrected chi connectivity index (χ3v) is 2.93. The molecule has 0 aromatic carbocycles. The molecule has 1 atom stereocenters. The van der Waals surface area contributed by atoms with Crippen LogP contribution in [0.2, 0.25) is 0 Å². The second-order valence-electron chi connectivity index (χ2n) is 4.23. The van der Waals surface area contributed by atoms with Crippen molar-refractivity contribution in [2.45, 2.75) is 18.9 Å². The van der Waals surface area contributed by atoms with Crippen molar-refractivity contribution in [1.29, 1.82) is 0 Å². The Kier molecular flexibility index (Phi) is 9.49. The van der Waals surface area contributed by atoms with E-state index < -0.39 is 18.0 Å². The molecule has 0 rings (SSSR count).